The molecule has 6 rings (SSSR count). The molecule has 0 aliphatic carbocycles. The fourth-order valence-electron chi connectivity index (χ4n) is 4.18. The van der Waals surface area contributed by atoms with E-state index in [0.717, 1.165) is 15.8 Å². The smallest absolute Gasteiger partial charge is 0.267 e. The van der Waals surface area contributed by atoms with E-state index in [4.69, 9.17) is 10.1 Å². The van der Waals surface area contributed by atoms with Gasteiger partial charge in [0, 0.05) is 10.8 Å². The van der Waals surface area contributed by atoms with Crippen LogP contribution in [0.3, 0.4) is 0 Å². The van der Waals surface area contributed by atoms with Crippen LogP contribution in [0.25, 0.3) is 27.3 Å². The molecule has 0 saturated heterocycles. The van der Waals surface area contributed by atoms with Crippen molar-refractivity contribution in [3.8, 4) is 0 Å². The molecule has 0 amide bonds. The summed E-state index contributed by atoms with van der Waals surface area (Å²) in [6, 6.07) is 36.3. The van der Waals surface area contributed by atoms with Gasteiger partial charge in [0.15, 0.2) is 5.65 Å². The van der Waals surface area contributed by atoms with Crippen LogP contribution in [0.5, 0.6) is 0 Å². The molecule has 0 radical (unpaired) electrons. The second kappa shape index (κ2) is 8.19. The van der Waals surface area contributed by atoms with Crippen LogP contribution in [0.15, 0.2) is 119 Å². The van der Waals surface area contributed by atoms with E-state index in [1.165, 1.54) is 15.6 Å². The molecule has 0 aliphatic rings. The van der Waals surface area contributed by atoms with Gasteiger partial charge in [-0.25, -0.2) is 4.98 Å². The Balaban J connectivity index is 1.62. The van der Waals surface area contributed by atoms with Crippen LogP contribution in [0.2, 0.25) is 0 Å². The normalized spacial score (nSPS) is 11.5. The maximum absolute atomic E-state index is 13.4. The standard InChI is InChI=1S/C28H19N3OS/c32-28-23-17-9-10-18-24(23)29-26-21-15-7-8-16-22(21)27(30-31(26)28)33-25(19-11-3-1-4-12-19)20-13-5-2-6-14-20/h1-18,25H. The van der Waals surface area contributed by atoms with Gasteiger partial charge in [-0.2, -0.15) is 9.61 Å². The zero-order chi connectivity index (χ0) is 22.2. The molecule has 5 heteroatoms. The summed E-state index contributed by atoms with van der Waals surface area (Å²) in [6.45, 7) is 0. The van der Waals surface area contributed by atoms with Crippen molar-refractivity contribution >= 4 is 39.1 Å². The predicted molar refractivity (Wildman–Crippen MR) is 135 cm³/mol. The summed E-state index contributed by atoms with van der Waals surface area (Å²) >= 11 is 1.65. The van der Waals surface area contributed by atoms with Crippen LogP contribution < -0.4 is 5.56 Å². The van der Waals surface area contributed by atoms with E-state index in [2.05, 4.69) is 54.6 Å². The third kappa shape index (κ3) is 3.47. The molecule has 158 valence electrons. The molecule has 0 atom stereocenters. The quantitative estimate of drug-likeness (QED) is 0.182. The summed E-state index contributed by atoms with van der Waals surface area (Å²) in [5.41, 5.74) is 3.47. The Morgan fingerprint density at radius 2 is 1.18 bits per heavy atom. The first kappa shape index (κ1) is 19.7. The van der Waals surface area contributed by atoms with Crippen LogP contribution in [0.1, 0.15) is 16.4 Å². The third-order valence-corrected chi connectivity index (χ3v) is 7.08. The Kier molecular flexibility index (Phi) is 4.89. The average molecular weight is 446 g/mol. The predicted octanol–water partition coefficient (Wildman–Crippen LogP) is 6.28. The van der Waals surface area contributed by atoms with E-state index in [-0.39, 0.29) is 10.8 Å². The first-order valence-corrected chi connectivity index (χ1v) is 11.6. The highest BCUT2D eigenvalue weighted by Gasteiger charge is 2.20. The van der Waals surface area contributed by atoms with E-state index in [1.807, 2.05) is 48.5 Å². The van der Waals surface area contributed by atoms with E-state index >= 15 is 0 Å². The topological polar surface area (TPSA) is 47.3 Å². The van der Waals surface area contributed by atoms with Gasteiger partial charge < -0.3 is 0 Å². The molecule has 0 spiro atoms. The zero-order valence-electron chi connectivity index (χ0n) is 17.6. The van der Waals surface area contributed by atoms with E-state index < -0.39 is 0 Å². The third-order valence-electron chi connectivity index (χ3n) is 5.78. The Labute approximate surface area is 194 Å². The number of para-hydroxylation sites is 1. The zero-order valence-corrected chi connectivity index (χ0v) is 18.4. The first-order valence-electron chi connectivity index (χ1n) is 10.8. The van der Waals surface area contributed by atoms with E-state index in [0.29, 0.717) is 16.6 Å². The monoisotopic (exact) mass is 445 g/mol. The molecule has 4 aromatic carbocycles. The second-order valence-electron chi connectivity index (χ2n) is 7.84. The minimum Gasteiger partial charge on any atom is -0.267 e. The Morgan fingerprint density at radius 3 is 1.85 bits per heavy atom. The Morgan fingerprint density at radius 1 is 0.636 bits per heavy atom. The molecule has 4 nitrogen and oxygen atoms in total. The fourth-order valence-corrected chi connectivity index (χ4v) is 5.43. The van der Waals surface area contributed by atoms with Crippen LogP contribution in [0.4, 0.5) is 0 Å². The van der Waals surface area contributed by atoms with Crippen LogP contribution >= 0.6 is 11.8 Å². The highest BCUT2D eigenvalue weighted by atomic mass is 32.2. The summed E-state index contributed by atoms with van der Waals surface area (Å²) in [7, 11) is 0. The number of rotatable bonds is 4. The van der Waals surface area contributed by atoms with Gasteiger partial charge in [0.2, 0.25) is 0 Å². The minimum atomic E-state index is -0.154. The Hall–Kier alpha value is -3.96. The van der Waals surface area contributed by atoms with Gasteiger partial charge in [0.1, 0.15) is 5.03 Å². The molecule has 6 aromatic rings. The molecule has 0 fully saturated rings. The number of aromatic nitrogens is 3. The minimum absolute atomic E-state index is 0.0323. The molecule has 0 N–H and O–H groups in total. The van der Waals surface area contributed by atoms with E-state index in [9.17, 15) is 4.79 Å². The van der Waals surface area contributed by atoms with Gasteiger partial charge in [-0.15, -0.1) is 0 Å². The van der Waals surface area contributed by atoms with Crippen molar-refractivity contribution in [2.24, 2.45) is 0 Å². The van der Waals surface area contributed by atoms with Crippen molar-refractivity contribution in [3.05, 3.63) is 131 Å². The van der Waals surface area contributed by atoms with Crippen molar-refractivity contribution in [3.63, 3.8) is 0 Å². The van der Waals surface area contributed by atoms with Crippen molar-refractivity contribution in [2.45, 2.75) is 10.3 Å². The van der Waals surface area contributed by atoms with Crippen molar-refractivity contribution in [1.82, 2.24) is 14.6 Å². The molecule has 0 unspecified atom stereocenters. The number of nitrogens with zero attached hydrogens (tertiary/aromatic N) is 3. The van der Waals surface area contributed by atoms with Gasteiger partial charge in [-0.05, 0) is 23.3 Å². The molecule has 0 saturated carbocycles. The summed E-state index contributed by atoms with van der Waals surface area (Å²) < 4.78 is 1.46. The number of hydrogen-bond donors (Lipinski definition) is 0. The van der Waals surface area contributed by atoms with Gasteiger partial charge >= 0.3 is 0 Å². The number of thioether (sulfide) groups is 1. The maximum atomic E-state index is 13.4. The van der Waals surface area contributed by atoms with Crippen molar-refractivity contribution in [1.29, 1.82) is 0 Å². The fraction of sp³-hybridized carbons (Fsp3) is 0.0357. The van der Waals surface area contributed by atoms with Gasteiger partial charge in [0.05, 0.1) is 16.2 Å². The highest BCUT2D eigenvalue weighted by Crippen LogP contribution is 2.42. The maximum Gasteiger partial charge on any atom is 0.282 e. The molecular formula is C28H19N3OS. The molecule has 2 heterocycles. The summed E-state index contributed by atoms with van der Waals surface area (Å²) in [5.74, 6) is 0. The number of benzene rings is 4. The first-order chi connectivity index (χ1) is 16.3. The molecule has 2 aromatic heterocycles. The van der Waals surface area contributed by atoms with Gasteiger partial charge in [0.25, 0.3) is 5.56 Å². The Bertz CT molecular complexity index is 1620. The summed E-state index contributed by atoms with van der Waals surface area (Å²) in [5, 5.41) is 8.15. The van der Waals surface area contributed by atoms with E-state index in [1.54, 1.807) is 17.8 Å². The largest absolute Gasteiger partial charge is 0.282 e. The lowest BCUT2D eigenvalue weighted by atomic mass is 10.0. The van der Waals surface area contributed by atoms with Crippen LogP contribution in [-0.4, -0.2) is 14.6 Å². The lowest BCUT2D eigenvalue weighted by Crippen LogP contribution is -2.19. The molecule has 33 heavy (non-hydrogen) atoms. The number of hydrogen-bond acceptors (Lipinski definition) is 4. The second-order valence-corrected chi connectivity index (χ2v) is 8.93. The molecule has 0 bridgehead atoms. The van der Waals surface area contributed by atoms with Crippen LogP contribution in [-0.2, 0) is 0 Å². The van der Waals surface area contributed by atoms with Crippen LogP contribution in [0, 0.1) is 0 Å². The lowest BCUT2D eigenvalue weighted by molar-refractivity contribution is 0.833. The average Bonchev–Trinajstić information content (AvgIpc) is 2.89. The summed E-state index contributed by atoms with van der Waals surface area (Å²) in [6.07, 6.45) is 0. The van der Waals surface area contributed by atoms with Crippen molar-refractivity contribution < 1.29 is 0 Å². The molecule has 0 aliphatic heterocycles. The van der Waals surface area contributed by atoms with Crippen molar-refractivity contribution in [2.75, 3.05) is 0 Å². The highest BCUT2D eigenvalue weighted by molar-refractivity contribution is 7.99. The van der Waals surface area contributed by atoms with Gasteiger partial charge in [-0.3, -0.25) is 4.79 Å². The number of fused-ring (bicyclic) bond motifs is 4. The summed E-state index contributed by atoms with van der Waals surface area (Å²) in [4.78, 5) is 18.2. The molecular weight excluding hydrogens is 426 g/mol. The van der Waals surface area contributed by atoms with Gasteiger partial charge in [-0.1, -0.05) is 109 Å². The SMILES string of the molecule is O=c1c2ccccc2nc2c3ccccc3c(SC(c3ccccc3)c3ccccc3)nn12. The lowest BCUT2D eigenvalue weighted by Gasteiger charge is -2.19.